The van der Waals surface area contributed by atoms with Crippen LogP contribution in [0.4, 0.5) is 5.69 Å². The van der Waals surface area contributed by atoms with E-state index >= 15 is 0 Å². The summed E-state index contributed by atoms with van der Waals surface area (Å²) in [5.74, 6) is 0.704. The number of halogens is 1. The van der Waals surface area contributed by atoms with E-state index in [1.54, 1.807) is 6.92 Å². The highest BCUT2D eigenvalue weighted by Gasteiger charge is 2.19. The molecule has 1 unspecified atom stereocenters. The predicted octanol–water partition coefficient (Wildman–Crippen LogP) is 4.73. The molecule has 0 bridgehead atoms. The van der Waals surface area contributed by atoms with Gasteiger partial charge in [0.25, 0.3) is 5.91 Å². The number of ether oxygens (including phenoxy) is 1. The van der Waals surface area contributed by atoms with Crippen molar-refractivity contribution in [3.8, 4) is 5.75 Å². The average molecular weight is 374 g/mol. The molecule has 23 heavy (non-hydrogen) atoms. The molecule has 0 saturated heterocycles. The van der Waals surface area contributed by atoms with Gasteiger partial charge in [-0.15, -0.1) is 0 Å². The molecule has 0 heterocycles. The molecular formula is C19H20BrNO2. The first-order chi connectivity index (χ1) is 11.1. The van der Waals surface area contributed by atoms with Gasteiger partial charge in [-0.1, -0.05) is 34.1 Å². The summed E-state index contributed by atoms with van der Waals surface area (Å²) in [7, 11) is 0. The van der Waals surface area contributed by atoms with Gasteiger partial charge < -0.3 is 10.1 Å². The van der Waals surface area contributed by atoms with Crippen LogP contribution in [0.3, 0.4) is 0 Å². The molecule has 0 saturated carbocycles. The summed E-state index contributed by atoms with van der Waals surface area (Å²) in [5, 5.41) is 2.89. The van der Waals surface area contributed by atoms with Gasteiger partial charge in [0.2, 0.25) is 0 Å². The second-order valence-electron chi connectivity index (χ2n) is 5.86. The lowest BCUT2D eigenvalue weighted by Crippen LogP contribution is -2.30. The molecule has 2 aromatic rings. The van der Waals surface area contributed by atoms with Gasteiger partial charge in [0.05, 0.1) is 0 Å². The fraction of sp³-hybridized carbons (Fsp3) is 0.316. The van der Waals surface area contributed by atoms with E-state index in [0.717, 1.165) is 28.8 Å². The van der Waals surface area contributed by atoms with Crippen LogP contribution in [0.1, 0.15) is 30.9 Å². The number of amides is 1. The first kappa shape index (κ1) is 16.1. The fourth-order valence-electron chi connectivity index (χ4n) is 2.91. The van der Waals surface area contributed by atoms with Crippen molar-refractivity contribution < 1.29 is 9.53 Å². The molecule has 1 aliphatic carbocycles. The minimum Gasteiger partial charge on any atom is -0.481 e. The molecule has 0 aromatic heterocycles. The minimum atomic E-state index is -0.539. The van der Waals surface area contributed by atoms with Gasteiger partial charge in [-0.2, -0.15) is 0 Å². The van der Waals surface area contributed by atoms with Crippen molar-refractivity contribution >= 4 is 27.5 Å². The number of anilines is 1. The van der Waals surface area contributed by atoms with E-state index in [0.29, 0.717) is 0 Å². The zero-order valence-corrected chi connectivity index (χ0v) is 14.7. The van der Waals surface area contributed by atoms with E-state index in [1.165, 1.54) is 24.0 Å². The molecule has 0 spiro atoms. The maximum atomic E-state index is 12.3. The van der Waals surface area contributed by atoms with Crippen LogP contribution >= 0.6 is 15.9 Å². The topological polar surface area (TPSA) is 38.3 Å². The number of hydrogen-bond acceptors (Lipinski definition) is 2. The van der Waals surface area contributed by atoms with Crippen LogP contribution in [0, 0.1) is 0 Å². The van der Waals surface area contributed by atoms with Crippen molar-refractivity contribution in [3.05, 3.63) is 58.1 Å². The fourth-order valence-corrected chi connectivity index (χ4v) is 3.31. The van der Waals surface area contributed by atoms with Gasteiger partial charge in [-0.3, -0.25) is 4.79 Å². The number of benzene rings is 2. The largest absolute Gasteiger partial charge is 0.481 e. The van der Waals surface area contributed by atoms with Gasteiger partial charge in [0.1, 0.15) is 5.75 Å². The molecule has 0 fully saturated rings. The maximum Gasteiger partial charge on any atom is 0.265 e. The molecular weight excluding hydrogens is 354 g/mol. The third-order valence-electron chi connectivity index (χ3n) is 4.12. The number of fused-ring (bicyclic) bond motifs is 1. The zero-order chi connectivity index (χ0) is 16.2. The normalized spacial score (nSPS) is 14.7. The molecule has 4 heteroatoms. The van der Waals surface area contributed by atoms with Crippen LogP contribution in [0.25, 0.3) is 0 Å². The van der Waals surface area contributed by atoms with Crippen molar-refractivity contribution in [2.24, 2.45) is 0 Å². The molecule has 1 amide bonds. The summed E-state index contributed by atoms with van der Waals surface area (Å²) in [6.07, 6.45) is 4.01. The summed E-state index contributed by atoms with van der Waals surface area (Å²) in [4.78, 5) is 12.3. The Labute approximate surface area is 145 Å². The van der Waals surface area contributed by atoms with E-state index < -0.39 is 6.10 Å². The Morgan fingerprint density at radius 2 is 1.96 bits per heavy atom. The lowest BCUT2D eigenvalue weighted by atomic mass is 9.91. The smallest absolute Gasteiger partial charge is 0.265 e. The molecule has 3 nitrogen and oxygen atoms in total. The summed E-state index contributed by atoms with van der Waals surface area (Å²) in [6.45, 7) is 1.79. The van der Waals surface area contributed by atoms with Crippen LogP contribution in [0.5, 0.6) is 5.75 Å². The minimum absolute atomic E-state index is 0.142. The highest BCUT2D eigenvalue weighted by atomic mass is 79.9. The second kappa shape index (κ2) is 7.18. The van der Waals surface area contributed by atoms with Crippen LogP contribution in [0.15, 0.2) is 46.9 Å². The number of hydrogen-bond donors (Lipinski definition) is 1. The highest BCUT2D eigenvalue weighted by Crippen LogP contribution is 2.30. The third kappa shape index (κ3) is 3.94. The summed E-state index contributed by atoms with van der Waals surface area (Å²) in [6, 6.07) is 13.7. The number of rotatable bonds is 4. The maximum absolute atomic E-state index is 12.3. The molecule has 2 aromatic carbocycles. The first-order valence-corrected chi connectivity index (χ1v) is 8.76. The second-order valence-corrected chi connectivity index (χ2v) is 6.78. The number of aryl methyl sites for hydroxylation is 1. The van der Waals surface area contributed by atoms with Crippen LogP contribution < -0.4 is 10.1 Å². The molecule has 120 valence electrons. The molecule has 0 aliphatic heterocycles. The van der Waals surface area contributed by atoms with Crippen molar-refractivity contribution in [1.29, 1.82) is 0 Å². The number of nitrogens with one attached hydrogen (secondary N) is 1. The van der Waals surface area contributed by atoms with Crippen molar-refractivity contribution in [3.63, 3.8) is 0 Å². The monoisotopic (exact) mass is 373 g/mol. The third-order valence-corrected chi connectivity index (χ3v) is 4.61. The SMILES string of the molecule is CC(Oc1cccc2c1CCCC2)C(=O)Nc1cccc(Br)c1. The van der Waals surface area contributed by atoms with Crippen LogP contribution in [-0.4, -0.2) is 12.0 Å². The Morgan fingerprint density at radius 1 is 1.17 bits per heavy atom. The van der Waals surface area contributed by atoms with Gasteiger partial charge in [0, 0.05) is 10.2 Å². The molecule has 3 rings (SSSR count). The van der Waals surface area contributed by atoms with Crippen molar-refractivity contribution in [2.75, 3.05) is 5.32 Å². The summed E-state index contributed by atoms with van der Waals surface area (Å²) >= 11 is 3.40. The van der Waals surface area contributed by atoms with Crippen molar-refractivity contribution in [1.82, 2.24) is 0 Å². The zero-order valence-electron chi connectivity index (χ0n) is 13.1. The summed E-state index contributed by atoms with van der Waals surface area (Å²) in [5.41, 5.74) is 3.38. The Balaban J connectivity index is 1.69. The quantitative estimate of drug-likeness (QED) is 0.840. The Hall–Kier alpha value is -1.81. The predicted molar refractivity (Wildman–Crippen MR) is 95.9 cm³/mol. The van der Waals surface area contributed by atoms with Gasteiger partial charge >= 0.3 is 0 Å². The highest BCUT2D eigenvalue weighted by molar-refractivity contribution is 9.10. The van der Waals surface area contributed by atoms with E-state index in [-0.39, 0.29) is 5.91 Å². The lowest BCUT2D eigenvalue weighted by Gasteiger charge is -2.22. The Kier molecular flexibility index (Phi) is 5.01. The standard InChI is InChI=1S/C19H20BrNO2/c1-13(19(22)21-16-9-5-8-15(20)12-16)23-18-11-4-7-14-6-2-3-10-17(14)18/h4-5,7-9,11-13H,2-3,6,10H2,1H3,(H,21,22). The van der Waals surface area contributed by atoms with E-state index in [4.69, 9.17) is 4.74 Å². The Morgan fingerprint density at radius 3 is 2.78 bits per heavy atom. The molecule has 1 atom stereocenters. The molecule has 1 N–H and O–H groups in total. The first-order valence-electron chi connectivity index (χ1n) is 7.97. The molecule has 0 radical (unpaired) electrons. The van der Waals surface area contributed by atoms with Gasteiger partial charge in [-0.25, -0.2) is 0 Å². The number of carbonyl (C=O) groups excluding carboxylic acids is 1. The van der Waals surface area contributed by atoms with Gasteiger partial charge in [0.15, 0.2) is 6.10 Å². The van der Waals surface area contributed by atoms with Crippen molar-refractivity contribution in [2.45, 2.75) is 38.7 Å². The van der Waals surface area contributed by atoms with E-state index in [1.807, 2.05) is 36.4 Å². The molecule has 1 aliphatic rings. The van der Waals surface area contributed by atoms with Crippen LogP contribution in [0.2, 0.25) is 0 Å². The van der Waals surface area contributed by atoms with E-state index in [9.17, 15) is 4.79 Å². The summed E-state index contributed by atoms with van der Waals surface area (Å²) < 4.78 is 6.88. The average Bonchev–Trinajstić information content (AvgIpc) is 2.55. The lowest BCUT2D eigenvalue weighted by molar-refractivity contribution is -0.122. The Bertz CT molecular complexity index is 714. The van der Waals surface area contributed by atoms with E-state index in [2.05, 4.69) is 27.3 Å². The van der Waals surface area contributed by atoms with Gasteiger partial charge in [-0.05, 0) is 68.0 Å². The van der Waals surface area contributed by atoms with Crippen LogP contribution in [-0.2, 0) is 17.6 Å². The number of carbonyl (C=O) groups is 1.